The summed E-state index contributed by atoms with van der Waals surface area (Å²) in [6.45, 7) is 3.94. The van der Waals surface area contributed by atoms with Gasteiger partial charge < -0.3 is 10.0 Å². The minimum Gasteiger partial charge on any atom is -0.389 e. The Morgan fingerprint density at radius 1 is 1.37 bits per heavy atom. The monoisotopic (exact) mass is 255 g/mol. The maximum absolute atomic E-state index is 9.85. The van der Waals surface area contributed by atoms with Crippen LogP contribution in [0.2, 0.25) is 0 Å². The van der Waals surface area contributed by atoms with Gasteiger partial charge in [0.05, 0.1) is 22.8 Å². The molecule has 19 heavy (non-hydrogen) atoms. The number of para-hydroxylation sites is 1. The lowest BCUT2D eigenvalue weighted by molar-refractivity contribution is 0.0885. The minimum atomic E-state index is -0.811. The molecular formula is C15H17N3O. The first-order valence-corrected chi connectivity index (χ1v) is 6.14. The largest absolute Gasteiger partial charge is 0.389 e. The molecule has 4 heteroatoms. The van der Waals surface area contributed by atoms with E-state index in [4.69, 9.17) is 0 Å². The smallest absolute Gasteiger partial charge is 0.130 e. The first-order chi connectivity index (χ1) is 8.90. The van der Waals surface area contributed by atoms with Crippen LogP contribution in [0.3, 0.4) is 0 Å². The molecule has 0 radical (unpaired) electrons. The quantitative estimate of drug-likeness (QED) is 0.914. The molecule has 0 unspecified atom stereocenters. The molecular weight excluding hydrogens is 238 g/mol. The molecule has 0 bridgehead atoms. The molecule has 1 aromatic carbocycles. The van der Waals surface area contributed by atoms with Crippen molar-refractivity contribution in [3.63, 3.8) is 0 Å². The van der Waals surface area contributed by atoms with Crippen molar-refractivity contribution in [1.82, 2.24) is 4.98 Å². The highest BCUT2D eigenvalue weighted by Gasteiger charge is 2.17. The molecule has 1 N–H and O–H groups in total. The highest BCUT2D eigenvalue weighted by Crippen LogP contribution is 2.22. The molecule has 1 heterocycles. The van der Waals surface area contributed by atoms with E-state index in [0.717, 1.165) is 10.9 Å². The van der Waals surface area contributed by atoms with Crippen molar-refractivity contribution in [3.8, 4) is 6.07 Å². The minimum absolute atomic E-state index is 0.448. The Morgan fingerprint density at radius 3 is 2.68 bits per heavy atom. The molecule has 0 amide bonds. The topological polar surface area (TPSA) is 60.1 Å². The molecule has 98 valence electrons. The molecule has 0 fully saturated rings. The van der Waals surface area contributed by atoms with Gasteiger partial charge in [-0.2, -0.15) is 5.26 Å². The fraction of sp³-hybridized carbons (Fsp3) is 0.333. The van der Waals surface area contributed by atoms with Crippen LogP contribution in [-0.4, -0.2) is 29.3 Å². The number of hydrogen-bond donors (Lipinski definition) is 1. The van der Waals surface area contributed by atoms with E-state index in [-0.39, 0.29) is 0 Å². The fourth-order valence-corrected chi connectivity index (χ4v) is 2.11. The standard InChI is InChI=1S/C15H17N3O/c1-15(2,19)10-18(3)14-8-11(9-16)12-6-4-5-7-13(12)17-14/h4-8,19H,10H2,1-3H3. The van der Waals surface area contributed by atoms with E-state index in [0.29, 0.717) is 17.9 Å². The fourth-order valence-electron chi connectivity index (χ4n) is 2.11. The highest BCUT2D eigenvalue weighted by molar-refractivity contribution is 5.86. The van der Waals surface area contributed by atoms with Gasteiger partial charge in [0, 0.05) is 19.0 Å². The molecule has 0 saturated heterocycles. The van der Waals surface area contributed by atoms with Crippen molar-refractivity contribution in [2.24, 2.45) is 0 Å². The molecule has 1 aromatic heterocycles. The van der Waals surface area contributed by atoms with Gasteiger partial charge >= 0.3 is 0 Å². The molecule has 0 aliphatic heterocycles. The van der Waals surface area contributed by atoms with Crippen molar-refractivity contribution in [2.45, 2.75) is 19.4 Å². The maximum Gasteiger partial charge on any atom is 0.130 e. The summed E-state index contributed by atoms with van der Waals surface area (Å²) in [7, 11) is 1.86. The van der Waals surface area contributed by atoms with Gasteiger partial charge in [-0.15, -0.1) is 0 Å². The van der Waals surface area contributed by atoms with Crippen LogP contribution >= 0.6 is 0 Å². The van der Waals surface area contributed by atoms with Gasteiger partial charge in [0.15, 0.2) is 0 Å². The Balaban J connectivity index is 2.48. The van der Waals surface area contributed by atoms with E-state index in [1.165, 1.54) is 0 Å². The van der Waals surface area contributed by atoms with Crippen molar-refractivity contribution in [3.05, 3.63) is 35.9 Å². The van der Waals surface area contributed by atoms with E-state index in [1.807, 2.05) is 36.2 Å². The van der Waals surface area contributed by atoms with Crippen LogP contribution < -0.4 is 4.90 Å². The summed E-state index contributed by atoms with van der Waals surface area (Å²) in [5.74, 6) is 0.692. The number of rotatable bonds is 3. The average molecular weight is 255 g/mol. The Morgan fingerprint density at radius 2 is 2.05 bits per heavy atom. The van der Waals surface area contributed by atoms with Gasteiger partial charge in [-0.1, -0.05) is 18.2 Å². The second-order valence-electron chi connectivity index (χ2n) is 5.33. The van der Waals surface area contributed by atoms with E-state index < -0.39 is 5.60 Å². The van der Waals surface area contributed by atoms with Crippen LogP contribution in [0.1, 0.15) is 19.4 Å². The number of aromatic nitrogens is 1. The third-order valence-electron chi connectivity index (χ3n) is 2.84. The highest BCUT2D eigenvalue weighted by atomic mass is 16.3. The average Bonchev–Trinajstić information content (AvgIpc) is 2.35. The summed E-state index contributed by atoms with van der Waals surface area (Å²) in [6, 6.07) is 11.5. The van der Waals surface area contributed by atoms with Crippen molar-refractivity contribution < 1.29 is 5.11 Å². The van der Waals surface area contributed by atoms with Crippen LogP contribution in [-0.2, 0) is 0 Å². The van der Waals surface area contributed by atoms with Gasteiger partial charge in [-0.25, -0.2) is 4.98 Å². The number of anilines is 1. The summed E-state index contributed by atoms with van der Waals surface area (Å²) in [4.78, 5) is 6.39. The van der Waals surface area contributed by atoms with E-state index in [2.05, 4.69) is 11.1 Å². The van der Waals surface area contributed by atoms with Crippen LogP contribution in [0, 0.1) is 11.3 Å². The lowest BCUT2D eigenvalue weighted by Crippen LogP contribution is -2.36. The summed E-state index contributed by atoms with van der Waals surface area (Å²) >= 11 is 0. The summed E-state index contributed by atoms with van der Waals surface area (Å²) in [6.07, 6.45) is 0. The first-order valence-electron chi connectivity index (χ1n) is 6.14. The Labute approximate surface area is 112 Å². The number of benzene rings is 1. The Bertz CT molecular complexity index is 638. The molecule has 2 aromatic rings. The molecule has 0 aliphatic rings. The number of fused-ring (bicyclic) bond motifs is 1. The number of nitrogens with zero attached hydrogens (tertiary/aromatic N) is 3. The number of nitriles is 1. The molecule has 0 aliphatic carbocycles. The molecule has 4 nitrogen and oxygen atoms in total. The number of likely N-dealkylation sites (N-methyl/N-ethyl adjacent to an activating group) is 1. The third-order valence-corrected chi connectivity index (χ3v) is 2.84. The third kappa shape index (κ3) is 3.01. The summed E-state index contributed by atoms with van der Waals surface area (Å²) in [5.41, 5.74) is 0.580. The zero-order chi connectivity index (χ0) is 14.0. The zero-order valence-corrected chi connectivity index (χ0v) is 11.4. The van der Waals surface area contributed by atoms with Crippen molar-refractivity contribution in [1.29, 1.82) is 5.26 Å². The van der Waals surface area contributed by atoms with E-state index >= 15 is 0 Å². The number of aliphatic hydroxyl groups is 1. The first kappa shape index (κ1) is 13.3. The van der Waals surface area contributed by atoms with Crippen LogP contribution in [0.4, 0.5) is 5.82 Å². The normalized spacial score (nSPS) is 11.3. The van der Waals surface area contributed by atoms with Crippen molar-refractivity contribution in [2.75, 3.05) is 18.5 Å². The number of hydrogen-bond acceptors (Lipinski definition) is 4. The lowest BCUT2D eigenvalue weighted by Gasteiger charge is -2.26. The summed E-state index contributed by atoms with van der Waals surface area (Å²) < 4.78 is 0. The second-order valence-corrected chi connectivity index (χ2v) is 5.33. The van der Waals surface area contributed by atoms with Gasteiger partial charge in [-0.3, -0.25) is 0 Å². The predicted octanol–water partition coefficient (Wildman–Crippen LogP) is 2.31. The van der Waals surface area contributed by atoms with Gasteiger partial charge in [0.2, 0.25) is 0 Å². The second kappa shape index (κ2) is 4.87. The lowest BCUT2D eigenvalue weighted by atomic mass is 10.1. The van der Waals surface area contributed by atoms with Gasteiger partial charge in [-0.05, 0) is 26.0 Å². The molecule has 2 rings (SSSR count). The van der Waals surface area contributed by atoms with E-state index in [9.17, 15) is 10.4 Å². The van der Waals surface area contributed by atoms with E-state index in [1.54, 1.807) is 19.9 Å². The van der Waals surface area contributed by atoms with Crippen LogP contribution in [0.25, 0.3) is 10.9 Å². The van der Waals surface area contributed by atoms with Crippen molar-refractivity contribution >= 4 is 16.7 Å². The number of pyridine rings is 1. The maximum atomic E-state index is 9.85. The molecule has 0 spiro atoms. The summed E-state index contributed by atoms with van der Waals surface area (Å²) in [5, 5.41) is 19.9. The van der Waals surface area contributed by atoms with Crippen LogP contribution in [0.5, 0.6) is 0 Å². The molecule has 0 saturated carbocycles. The van der Waals surface area contributed by atoms with Crippen LogP contribution in [0.15, 0.2) is 30.3 Å². The predicted molar refractivity (Wildman–Crippen MR) is 76.0 cm³/mol. The SMILES string of the molecule is CN(CC(C)(C)O)c1cc(C#N)c2ccccc2n1. The Kier molecular flexibility index (Phi) is 3.41. The van der Waals surface area contributed by atoms with Gasteiger partial charge in [0.25, 0.3) is 0 Å². The zero-order valence-electron chi connectivity index (χ0n) is 11.4. The molecule has 0 atom stereocenters. The van der Waals surface area contributed by atoms with Gasteiger partial charge in [0.1, 0.15) is 5.82 Å². The Hall–Kier alpha value is -2.12.